The van der Waals surface area contributed by atoms with Gasteiger partial charge < -0.3 is 10.2 Å². The maximum atomic E-state index is 12.6. The lowest BCUT2D eigenvalue weighted by atomic mass is 10.1. The molecule has 0 spiro atoms. The number of carbonyl (C=O) groups excluding carboxylic acids is 1. The van der Waals surface area contributed by atoms with Crippen molar-refractivity contribution in [3.8, 4) is 0 Å². The van der Waals surface area contributed by atoms with Crippen LogP contribution in [0.25, 0.3) is 0 Å². The third kappa shape index (κ3) is 3.67. The standard InChI is InChI=1S/C18H21ClN4O/c1-12-10-13(2)16(14(19)11-12)22-18-20-7-6-15(21-18)17(24)23-8-4-3-5-9-23/h6-7,10-11H,3-5,8-9H2,1-2H3,(H,20,21,22). The highest BCUT2D eigenvalue weighted by atomic mass is 35.5. The van der Waals surface area contributed by atoms with Gasteiger partial charge in [0.25, 0.3) is 5.91 Å². The zero-order valence-electron chi connectivity index (χ0n) is 14.0. The third-order valence-electron chi connectivity index (χ3n) is 4.19. The van der Waals surface area contributed by atoms with Crippen molar-refractivity contribution in [1.82, 2.24) is 14.9 Å². The molecule has 2 aromatic rings. The monoisotopic (exact) mass is 344 g/mol. The molecule has 0 aliphatic carbocycles. The number of nitrogens with zero attached hydrogens (tertiary/aromatic N) is 3. The number of nitrogens with one attached hydrogen (secondary N) is 1. The van der Waals surface area contributed by atoms with Gasteiger partial charge in [-0.15, -0.1) is 0 Å². The summed E-state index contributed by atoms with van der Waals surface area (Å²) < 4.78 is 0. The van der Waals surface area contributed by atoms with Crippen LogP contribution in [0.2, 0.25) is 5.02 Å². The van der Waals surface area contributed by atoms with E-state index in [0.717, 1.165) is 42.7 Å². The minimum atomic E-state index is -0.0353. The van der Waals surface area contributed by atoms with Crippen molar-refractivity contribution in [3.63, 3.8) is 0 Å². The van der Waals surface area contributed by atoms with Crippen LogP contribution in [-0.4, -0.2) is 33.9 Å². The number of hydrogen-bond donors (Lipinski definition) is 1. The molecule has 5 nitrogen and oxygen atoms in total. The van der Waals surface area contributed by atoms with E-state index >= 15 is 0 Å². The predicted octanol–water partition coefficient (Wildman–Crippen LogP) is 4.12. The summed E-state index contributed by atoms with van der Waals surface area (Å²) in [5.41, 5.74) is 3.29. The molecule has 2 heterocycles. The Kier molecular flexibility index (Phi) is 5.00. The van der Waals surface area contributed by atoms with Gasteiger partial charge in [-0.2, -0.15) is 0 Å². The first-order valence-corrected chi connectivity index (χ1v) is 8.58. The van der Waals surface area contributed by atoms with E-state index in [0.29, 0.717) is 16.7 Å². The first-order chi connectivity index (χ1) is 11.5. The van der Waals surface area contributed by atoms with Crippen molar-refractivity contribution in [1.29, 1.82) is 0 Å². The van der Waals surface area contributed by atoms with E-state index in [-0.39, 0.29) is 5.91 Å². The number of hydrogen-bond acceptors (Lipinski definition) is 4. The van der Waals surface area contributed by atoms with Crippen LogP contribution < -0.4 is 5.32 Å². The minimum Gasteiger partial charge on any atom is -0.337 e. The Labute approximate surface area is 147 Å². The largest absolute Gasteiger partial charge is 0.337 e. The number of aromatic nitrogens is 2. The highest BCUT2D eigenvalue weighted by Gasteiger charge is 2.20. The van der Waals surface area contributed by atoms with Crippen molar-refractivity contribution in [2.45, 2.75) is 33.1 Å². The summed E-state index contributed by atoms with van der Waals surface area (Å²) in [5.74, 6) is 0.346. The van der Waals surface area contributed by atoms with Gasteiger partial charge in [-0.1, -0.05) is 17.7 Å². The molecule has 126 valence electrons. The van der Waals surface area contributed by atoms with E-state index in [1.165, 1.54) is 6.42 Å². The topological polar surface area (TPSA) is 58.1 Å². The van der Waals surface area contributed by atoms with Crippen LogP contribution in [0.4, 0.5) is 11.6 Å². The second-order valence-electron chi connectivity index (χ2n) is 6.18. The lowest BCUT2D eigenvalue weighted by Crippen LogP contribution is -2.36. The number of anilines is 2. The summed E-state index contributed by atoms with van der Waals surface area (Å²) in [7, 11) is 0. The first kappa shape index (κ1) is 16.7. The molecule has 1 saturated heterocycles. The molecule has 24 heavy (non-hydrogen) atoms. The normalized spacial score (nSPS) is 14.5. The Morgan fingerprint density at radius 3 is 2.67 bits per heavy atom. The Morgan fingerprint density at radius 2 is 1.96 bits per heavy atom. The van der Waals surface area contributed by atoms with Gasteiger partial charge in [0.1, 0.15) is 5.69 Å². The zero-order valence-corrected chi connectivity index (χ0v) is 14.7. The van der Waals surface area contributed by atoms with Crippen LogP contribution in [0.15, 0.2) is 24.4 Å². The van der Waals surface area contributed by atoms with Crippen molar-refractivity contribution >= 4 is 29.1 Å². The quantitative estimate of drug-likeness (QED) is 0.910. The number of carbonyl (C=O) groups is 1. The fraction of sp³-hybridized carbons (Fsp3) is 0.389. The van der Waals surface area contributed by atoms with Gasteiger partial charge in [-0.25, -0.2) is 9.97 Å². The summed E-state index contributed by atoms with van der Waals surface area (Å²) in [6.45, 7) is 5.57. The number of likely N-dealkylation sites (tertiary alicyclic amines) is 1. The maximum absolute atomic E-state index is 12.6. The molecule has 0 saturated carbocycles. The lowest BCUT2D eigenvalue weighted by molar-refractivity contribution is 0.0718. The van der Waals surface area contributed by atoms with Crippen LogP contribution in [0.5, 0.6) is 0 Å². The van der Waals surface area contributed by atoms with Gasteiger partial charge in [0.15, 0.2) is 0 Å². The molecule has 1 fully saturated rings. The molecule has 0 unspecified atom stereocenters. The third-order valence-corrected chi connectivity index (χ3v) is 4.48. The van der Waals surface area contributed by atoms with E-state index < -0.39 is 0 Å². The van der Waals surface area contributed by atoms with E-state index in [9.17, 15) is 4.79 Å². The molecular weight excluding hydrogens is 324 g/mol. The molecule has 0 radical (unpaired) electrons. The SMILES string of the molecule is Cc1cc(C)c(Nc2nccc(C(=O)N3CCCCC3)n2)c(Cl)c1. The molecule has 1 amide bonds. The van der Waals surface area contributed by atoms with Gasteiger partial charge >= 0.3 is 0 Å². The fourth-order valence-corrected chi connectivity index (χ4v) is 3.35. The summed E-state index contributed by atoms with van der Waals surface area (Å²) >= 11 is 6.32. The van der Waals surface area contributed by atoms with Gasteiger partial charge in [0.05, 0.1) is 10.7 Å². The molecule has 1 aliphatic rings. The highest BCUT2D eigenvalue weighted by molar-refractivity contribution is 6.33. The number of aryl methyl sites for hydroxylation is 2. The Balaban J connectivity index is 1.82. The summed E-state index contributed by atoms with van der Waals surface area (Å²) in [4.78, 5) is 23.0. The van der Waals surface area contributed by atoms with Gasteiger partial charge in [0, 0.05) is 19.3 Å². The smallest absolute Gasteiger partial charge is 0.272 e. The van der Waals surface area contributed by atoms with Gasteiger partial charge in [0.2, 0.25) is 5.95 Å². The van der Waals surface area contributed by atoms with Crippen LogP contribution >= 0.6 is 11.6 Å². The maximum Gasteiger partial charge on any atom is 0.272 e. The second kappa shape index (κ2) is 7.18. The molecule has 0 atom stereocenters. The Morgan fingerprint density at radius 1 is 1.21 bits per heavy atom. The number of halogens is 1. The number of rotatable bonds is 3. The van der Waals surface area contributed by atoms with Crippen molar-refractivity contribution in [3.05, 3.63) is 46.2 Å². The van der Waals surface area contributed by atoms with E-state index in [1.54, 1.807) is 12.3 Å². The average Bonchev–Trinajstić information content (AvgIpc) is 2.58. The van der Waals surface area contributed by atoms with E-state index in [1.807, 2.05) is 30.9 Å². The number of piperidine rings is 1. The predicted molar refractivity (Wildman–Crippen MR) is 96.0 cm³/mol. The van der Waals surface area contributed by atoms with Gasteiger partial charge in [-0.3, -0.25) is 4.79 Å². The number of amides is 1. The van der Waals surface area contributed by atoms with Crippen molar-refractivity contribution in [2.75, 3.05) is 18.4 Å². The van der Waals surface area contributed by atoms with Crippen molar-refractivity contribution < 1.29 is 4.79 Å². The zero-order chi connectivity index (χ0) is 17.1. The lowest BCUT2D eigenvalue weighted by Gasteiger charge is -2.26. The first-order valence-electron chi connectivity index (χ1n) is 8.20. The van der Waals surface area contributed by atoms with Gasteiger partial charge in [-0.05, 0) is 56.4 Å². The minimum absolute atomic E-state index is 0.0353. The summed E-state index contributed by atoms with van der Waals surface area (Å²) in [6.07, 6.45) is 4.90. The van der Waals surface area contributed by atoms with Crippen LogP contribution in [-0.2, 0) is 0 Å². The molecule has 6 heteroatoms. The summed E-state index contributed by atoms with van der Waals surface area (Å²) in [5, 5.41) is 3.76. The van der Waals surface area contributed by atoms with Crippen LogP contribution in [0.1, 0.15) is 40.9 Å². The molecular formula is C18H21ClN4O. The molecule has 1 aromatic heterocycles. The molecule has 1 aromatic carbocycles. The molecule has 1 aliphatic heterocycles. The molecule has 0 bridgehead atoms. The molecule has 1 N–H and O–H groups in total. The van der Waals surface area contributed by atoms with Crippen LogP contribution in [0, 0.1) is 13.8 Å². The fourth-order valence-electron chi connectivity index (χ4n) is 2.98. The highest BCUT2D eigenvalue weighted by Crippen LogP contribution is 2.29. The van der Waals surface area contributed by atoms with E-state index in [2.05, 4.69) is 15.3 Å². The van der Waals surface area contributed by atoms with Crippen LogP contribution in [0.3, 0.4) is 0 Å². The Hall–Kier alpha value is -2.14. The van der Waals surface area contributed by atoms with Crippen molar-refractivity contribution in [2.24, 2.45) is 0 Å². The Bertz CT molecular complexity index is 733. The second-order valence-corrected chi connectivity index (χ2v) is 6.59. The van der Waals surface area contributed by atoms with E-state index in [4.69, 9.17) is 11.6 Å². The molecule has 3 rings (SSSR count). The summed E-state index contributed by atoms with van der Waals surface area (Å²) in [6, 6.07) is 5.59. The number of benzene rings is 1. The average molecular weight is 345 g/mol.